The number of aliphatic hydroxyl groups is 6. The first-order valence-corrected chi connectivity index (χ1v) is 18.9. The van der Waals surface area contributed by atoms with Gasteiger partial charge in [-0.15, -0.1) is 0 Å². The third kappa shape index (κ3) is 6.79. The lowest BCUT2D eigenvalue weighted by atomic mass is 9.41. The SMILES string of the molecule is C=C(CC[C@@H](C)[C@H]1C[C@@H](O)C2[C@]3(O)C[C@H](O)C4[C@@H](O)[C@@H](O)CC[C@]4(C)C3CC[C@@]21C)C(C)CO[C@@H]1OC[C@@H](OS(=O)(=O)O)[C@H](OC)[C@H]1O. The quantitative estimate of drug-likeness (QED) is 0.120. The van der Waals surface area contributed by atoms with Gasteiger partial charge in [-0.25, -0.2) is 4.18 Å². The second-order valence-corrected chi connectivity index (χ2v) is 17.3. The third-order valence-corrected chi connectivity index (χ3v) is 14.0. The molecule has 0 aromatic rings. The summed E-state index contributed by atoms with van der Waals surface area (Å²) in [7, 11) is -3.49. The number of aliphatic hydroxyl groups excluding tert-OH is 5. The molecule has 0 amide bonds. The molecule has 4 unspecified atom stereocenters. The van der Waals surface area contributed by atoms with Crippen LogP contribution >= 0.6 is 0 Å². The summed E-state index contributed by atoms with van der Waals surface area (Å²) in [5, 5.41) is 67.4. The molecular formula is C34H58O13S. The summed E-state index contributed by atoms with van der Waals surface area (Å²) in [5.74, 6) is -0.895. The van der Waals surface area contributed by atoms with E-state index in [1.54, 1.807) is 0 Å². The van der Waals surface area contributed by atoms with Gasteiger partial charge in [0.2, 0.25) is 0 Å². The van der Waals surface area contributed by atoms with Gasteiger partial charge in [0.05, 0.1) is 43.2 Å². The van der Waals surface area contributed by atoms with Crippen LogP contribution in [-0.4, -0.2) is 119 Å². The second-order valence-electron chi connectivity index (χ2n) is 16.2. The van der Waals surface area contributed by atoms with Gasteiger partial charge in [0.1, 0.15) is 18.3 Å². The molecule has 48 heavy (non-hydrogen) atoms. The molecule has 278 valence electrons. The molecule has 0 spiro atoms. The number of rotatable bonds is 11. The fourth-order valence-electron chi connectivity index (χ4n) is 11.2. The van der Waals surface area contributed by atoms with Gasteiger partial charge in [-0.2, -0.15) is 8.42 Å². The Bertz CT molecular complexity index is 1270. The van der Waals surface area contributed by atoms with Gasteiger partial charge >= 0.3 is 10.4 Å². The number of methoxy groups -OCH3 is 1. The van der Waals surface area contributed by atoms with Gasteiger partial charge in [-0.3, -0.25) is 4.55 Å². The van der Waals surface area contributed by atoms with E-state index < -0.39 is 82.3 Å². The first-order chi connectivity index (χ1) is 22.3. The van der Waals surface area contributed by atoms with E-state index in [1.807, 2.05) is 13.8 Å². The van der Waals surface area contributed by atoms with Gasteiger partial charge in [-0.05, 0) is 73.5 Å². The van der Waals surface area contributed by atoms with Crippen molar-refractivity contribution in [3.8, 4) is 0 Å². The molecule has 5 aliphatic rings. The highest BCUT2D eigenvalue weighted by molar-refractivity contribution is 7.80. The molecular weight excluding hydrogens is 648 g/mol. The molecule has 5 fully saturated rings. The molecule has 0 bridgehead atoms. The molecule has 7 N–H and O–H groups in total. The van der Waals surface area contributed by atoms with Crippen molar-refractivity contribution in [1.82, 2.24) is 0 Å². The molecule has 13 nitrogen and oxygen atoms in total. The molecule has 0 aromatic carbocycles. The minimum absolute atomic E-state index is 0.0766. The minimum Gasteiger partial charge on any atom is -0.393 e. The van der Waals surface area contributed by atoms with Gasteiger partial charge in [0.25, 0.3) is 0 Å². The fourth-order valence-corrected chi connectivity index (χ4v) is 11.6. The van der Waals surface area contributed by atoms with Crippen molar-refractivity contribution in [3.05, 3.63) is 12.2 Å². The highest BCUT2D eigenvalue weighted by Crippen LogP contribution is 2.69. The molecule has 0 aromatic heterocycles. The zero-order valence-electron chi connectivity index (χ0n) is 28.8. The van der Waals surface area contributed by atoms with Crippen LogP contribution in [-0.2, 0) is 28.8 Å². The predicted molar refractivity (Wildman–Crippen MR) is 172 cm³/mol. The Morgan fingerprint density at radius 1 is 1.00 bits per heavy atom. The summed E-state index contributed by atoms with van der Waals surface area (Å²) in [6.45, 7) is 12.6. The Morgan fingerprint density at radius 2 is 1.67 bits per heavy atom. The Balaban J connectivity index is 1.18. The summed E-state index contributed by atoms with van der Waals surface area (Å²) in [6.07, 6.45) is -3.73. The highest BCUT2D eigenvalue weighted by atomic mass is 32.3. The normalized spacial score (nSPS) is 49.0. The van der Waals surface area contributed by atoms with Crippen LogP contribution in [0.4, 0.5) is 0 Å². The second kappa shape index (κ2) is 14.0. The van der Waals surface area contributed by atoms with Crippen molar-refractivity contribution < 1.29 is 62.0 Å². The number of fused-ring (bicyclic) bond motifs is 5. The van der Waals surface area contributed by atoms with Crippen LogP contribution in [0.5, 0.6) is 0 Å². The summed E-state index contributed by atoms with van der Waals surface area (Å²) in [5.41, 5.74) is -1.24. The van der Waals surface area contributed by atoms with E-state index in [1.165, 1.54) is 7.11 Å². The molecule has 4 aliphatic carbocycles. The average molecular weight is 707 g/mol. The van der Waals surface area contributed by atoms with E-state index in [-0.39, 0.29) is 48.7 Å². The van der Waals surface area contributed by atoms with Crippen molar-refractivity contribution >= 4 is 10.4 Å². The van der Waals surface area contributed by atoms with E-state index in [9.17, 15) is 39.1 Å². The average Bonchev–Trinajstić information content (AvgIpc) is 3.27. The van der Waals surface area contributed by atoms with E-state index in [0.29, 0.717) is 25.7 Å². The minimum atomic E-state index is -4.77. The Labute approximate surface area is 284 Å². The van der Waals surface area contributed by atoms with Crippen LogP contribution < -0.4 is 0 Å². The van der Waals surface area contributed by atoms with E-state index in [0.717, 1.165) is 24.8 Å². The highest BCUT2D eigenvalue weighted by Gasteiger charge is 2.71. The van der Waals surface area contributed by atoms with E-state index in [2.05, 4.69) is 24.6 Å². The topological polar surface area (TPSA) is 213 Å². The largest absolute Gasteiger partial charge is 0.397 e. The number of hydrogen-bond acceptors (Lipinski definition) is 12. The van der Waals surface area contributed by atoms with Crippen LogP contribution in [0, 0.1) is 46.3 Å². The van der Waals surface area contributed by atoms with Crippen LogP contribution in [0.25, 0.3) is 0 Å². The molecule has 1 saturated heterocycles. The molecule has 1 heterocycles. The Kier molecular flexibility index (Phi) is 11.2. The third-order valence-electron chi connectivity index (χ3n) is 13.5. The molecule has 4 saturated carbocycles. The van der Waals surface area contributed by atoms with Crippen molar-refractivity contribution in [3.63, 3.8) is 0 Å². The molecule has 17 atom stereocenters. The van der Waals surface area contributed by atoms with Crippen LogP contribution in [0.2, 0.25) is 0 Å². The van der Waals surface area contributed by atoms with Crippen molar-refractivity contribution in [2.24, 2.45) is 46.3 Å². The van der Waals surface area contributed by atoms with Gasteiger partial charge in [0, 0.05) is 31.3 Å². The van der Waals surface area contributed by atoms with Gasteiger partial charge < -0.3 is 44.8 Å². The lowest BCUT2D eigenvalue weighted by Gasteiger charge is -2.66. The fraction of sp³-hybridized carbons (Fsp3) is 0.941. The molecule has 14 heteroatoms. The number of hydrogen-bond donors (Lipinski definition) is 7. The van der Waals surface area contributed by atoms with E-state index in [4.69, 9.17) is 18.8 Å². The number of ether oxygens (including phenoxy) is 3. The van der Waals surface area contributed by atoms with Crippen molar-refractivity contribution in [1.29, 1.82) is 0 Å². The zero-order valence-corrected chi connectivity index (χ0v) is 29.7. The molecule has 0 radical (unpaired) electrons. The first-order valence-electron chi connectivity index (χ1n) is 17.5. The summed E-state index contributed by atoms with van der Waals surface area (Å²) < 4.78 is 52.4. The maximum atomic E-state index is 12.5. The summed E-state index contributed by atoms with van der Waals surface area (Å²) in [4.78, 5) is 0. The Morgan fingerprint density at radius 3 is 2.31 bits per heavy atom. The van der Waals surface area contributed by atoms with Gasteiger partial charge in [-0.1, -0.05) is 39.8 Å². The Hall–Kier alpha value is -0.750. The van der Waals surface area contributed by atoms with Crippen LogP contribution in [0.1, 0.15) is 79.1 Å². The smallest absolute Gasteiger partial charge is 0.393 e. The standard InChI is InChI=1S/C34H58O13S/c1-17(19(3)15-45-31-28(39)29(44-6)24(16-46-31)47-48(41,42)43)7-8-18(2)20-13-22(36)30-32(20,4)12-10-25-33(5)11-9-21(35)27(38)26(33)23(37)14-34(25,30)40/h18-31,35-40H,1,7-16H2,2-6H3,(H,41,42,43)/t18-,19?,20-,21+,22-,23+,24-,25?,26?,27+,28-,29+,30?,31-,32-,33-,34+/m1/s1. The maximum Gasteiger partial charge on any atom is 0.397 e. The van der Waals surface area contributed by atoms with Crippen molar-refractivity contribution in [2.45, 2.75) is 134 Å². The zero-order chi connectivity index (χ0) is 35.6. The molecule has 1 aliphatic heterocycles. The van der Waals surface area contributed by atoms with E-state index >= 15 is 0 Å². The van der Waals surface area contributed by atoms with Crippen molar-refractivity contribution in [2.75, 3.05) is 20.3 Å². The predicted octanol–water partition coefficient (Wildman–Crippen LogP) is 1.58. The lowest BCUT2D eigenvalue weighted by Crippen LogP contribution is -2.70. The summed E-state index contributed by atoms with van der Waals surface area (Å²) in [6, 6.07) is 0. The summed E-state index contributed by atoms with van der Waals surface area (Å²) >= 11 is 0. The van der Waals surface area contributed by atoms with Crippen LogP contribution in [0.15, 0.2) is 12.2 Å². The lowest BCUT2D eigenvalue weighted by molar-refractivity contribution is -0.280. The maximum absolute atomic E-state index is 12.5. The monoisotopic (exact) mass is 706 g/mol. The van der Waals surface area contributed by atoms with Gasteiger partial charge in [0.15, 0.2) is 6.29 Å². The first kappa shape index (κ1) is 38.5. The molecule has 5 rings (SSSR count). The van der Waals surface area contributed by atoms with Crippen LogP contribution in [0.3, 0.4) is 0 Å².